The van der Waals surface area contributed by atoms with Crippen LogP contribution in [0.2, 0.25) is 10.0 Å². The molecular weight excluding hydrogens is 504 g/mol. The molecule has 0 atom stereocenters. The Balaban J connectivity index is 0.00000261. The second kappa shape index (κ2) is 10.6. The Morgan fingerprint density at radius 1 is 1.15 bits per heavy atom. The van der Waals surface area contributed by atoms with E-state index in [1.54, 1.807) is 19.3 Å². The van der Waals surface area contributed by atoms with E-state index in [2.05, 4.69) is 25.9 Å². The Bertz CT molecular complexity index is 807. The van der Waals surface area contributed by atoms with Crippen LogP contribution in [0.5, 0.6) is 11.5 Å². The average Bonchev–Trinajstić information content (AvgIpc) is 3.10. The number of fused-ring (bicyclic) bond motifs is 1. The highest BCUT2D eigenvalue weighted by atomic mass is 127. The van der Waals surface area contributed by atoms with Gasteiger partial charge in [-0.1, -0.05) is 29.3 Å². The van der Waals surface area contributed by atoms with Crippen molar-refractivity contribution in [1.29, 1.82) is 0 Å². The molecule has 3 rings (SSSR count). The number of guanidine groups is 1. The van der Waals surface area contributed by atoms with Crippen molar-refractivity contribution in [3.05, 3.63) is 46.1 Å². The number of hydrogen-bond acceptors (Lipinski definition) is 5. The van der Waals surface area contributed by atoms with E-state index in [0.717, 1.165) is 17.1 Å². The zero-order valence-electron chi connectivity index (χ0n) is 14.6. The normalized spacial score (nSPS) is 12.3. The zero-order chi connectivity index (χ0) is 18.4. The molecule has 10 heteroatoms. The Labute approximate surface area is 184 Å². The predicted octanol–water partition coefficient (Wildman–Crippen LogP) is 3.51. The van der Waals surface area contributed by atoms with Crippen molar-refractivity contribution < 1.29 is 9.47 Å². The molecule has 1 aromatic carbocycles. The van der Waals surface area contributed by atoms with E-state index >= 15 is 0 Å². The predicted molar refractivity (Wildman–Crippen MR) is 119 cm³/mol. The van der Waals surface area contributed by atoms with Crippen molar-refractivity contribution in [2.75, 3.05) is 32.2 Å². The van der Waals surface area contributed by atoms with Crippen LogP contribution in [0.4, 0.5) is 5.82 Å². The van der Waals surface area contributed by atoms with E-state index in [4.69, 9.17) is 32.7 Å². The molecule has 1 aromatic heterocycles. The third-order valence-corrected chi connectivity index (χ3v) is 4.13. The summed E-state index contributed by atoms with van der Waals surface area (Å²) in [4.78, 5) is 8.35. The summed E-state index contributed by atoms with van der Waals surface area (Å²) in [6.45, 7) is 2.16. The van der Waals surface area contributed by atoms with Crippen LogP contribution >= 0.6 is 47.2 Å². The summed E-state index contributed by atoms with van der Waals surface area (Å²) >= 11 is 11.9. The number of benzene rings is 1. The molecule has 2 aromatic rings. The average molecular weight is 524 g/mol. The number of pyridine rings is 1. The van der Waals surface area contributed by atoms with Crippen molar-refractivity contribution in [3.63, 3.8) is 0 Å². The van der Waals surface area contributed by atoms with E-state index < -0.39 is 0 Å². The van der Waals surface area contributed by atoms with Gasteiger partial charge in [-0.05, 0) is 23.8 Å². The maximum atomic E-state index is 6.07. The van der Waals surface area contributed by atoms with Crippen molar-refractivity contribution in [2.24, 2.45) is 4.99 Å². The molecule has 0 fully saturated rings. The molecule has 0 aliphatic carbocycles. The highest BCUT2D eigenvalue weighted by molar-refractivity contribution is 14.0. The van der Waals surface area contributed by atoms with Crippen LogP contribution in [0.15, 0.2) is 35.5 Å². The largest absolute Gasteiger partial charge is 0.454 e. The van der Waals surface area contributed by atoms with E-state index in [-0.39, 0.29) is 30.8 Å². The van der Waals surface area contributed by atoms with Crippen LogP contribution in [-0.2, 0) is 6.54 Å². The molecule has 0 amide bonds. The molecule has 0 spiro atoms. The third-order valence-electron chi connectivity index (χ3n) is 3.64. The highest BCUT2D eigenvalue weighted by Crippen LogP contribution is 2.32. The monoisotopic (exact) mass is 523 g/mol. The van der Waals surface area contributed by atoms with Gasteiger partial charge in [0, 0.05) is 32.9 Å². The Morgan fingerprint density at radius 2 is 1.96 bits per heavy atom. The fourth-order valence-corrected chi connectivity index (χ4v) is 2.81. The summed E-state index contributed by atoms with van der Waals surface area (Å²) in [6, 6.07) is 7.50. The first-order valence-electron chi connectivity index (χ1n) is 8.03. The maximum absolute atomic E-state index is 6.07. The first kappa shape index (κ1) is 21.6. The minimum atomic E-state index is 0. The van der Waals surface area contributed by atoms with Crippen LogP contribution < -0.4 is 25.4 Å². The van der Waals surface area contributed by atoms with Gasteiger partial charge in [0.25, 0.3) is 0 Å². The number of nitrogens with one attached hydrogen (secondary N) is 3. The van der Waals surface area contributed by atoms with Crippen LogP contribution in [0, 0.1) is 0 Å². The van der Waals surface area contributed by atoms with Crippen LogP contribution in [0.3, 0.4) is 0 Å². The smallest absolute Gasteiger partial charge is 0.231 e. The Hall–Kier alpha value is -1.65. The van der Waals surface area contributed by atoms with Gasteiger partial charge in [-0.25, -0.2) is 4.98 Å². The number of aromatic nitrogens is 1. The SMILES string of the molecule is CN=C(NCCNc1ncc(Cl)cc1Cl)NCc1ccc2c(c1)OCO2.I. The molecule has 0 bridgehead atoms. The van der Waals surface area contributed by atoms with Gasteiger partial charge < -0.3 is 25.4 Å². The molecule has 0 unspecified atom stereocenters. The summed E-state index contributed by atoms with van der Waals surface area (Å²) < 4.78 is 10.7. The lowest BCUT2D eigenvalue weighted by molar-refractivity contribution is 0.174. The molecule has 0 saturated carbocycles. The highest BCUT2D eigenvalue weighted by Gasteiger charge is 2.13. The maximum Gasteiger partial charge on any atom is 0.231 e. The fourth-order valence-electron chi connectivity index (χ4n) is 2.36. The molecule has 146 valence electrons. The van der Waals surface area contributed by atoms with E-state index in [0.29, 0.717) is 41.5 Å². The summed E-state index contributed by atoms with van der Waals surface area (Å²) in [6.07, 6.45) is 1.55. The number of anilines is 1. The van der Waals surface area contributed by atoms with Crippen LogP contribution in [-0.4, -0.2) is 37.9 Å². The second-order valence-electron chi connectivity index (χ2n) is 5.45. The number of nitrogens with zero attached hydrogens (tertiary/aromatic N) is 2. The summed E-state index contributed by atoms with van der Waals surface area (Å²) in [7, 11) is 1.72. The number of hydrogen-bond donors (Lipinski definition) is 3. The van der Waals surface area contributed by atoms with Gasteiger partial charge in [-0.15, -0.1) is 24.0 Å². The number of aliphatic imine (C=N–C) groups is 1. The first-order chi connectivity index (χ1) is 12.7. The van der Waals surface area contributed by atoms with Gasteiger partial charge >= 0.3 is 0 Å². The van der Waals surface area contributed by atoms with Crippen LogP contribution in [0.25, 0.3) is 0 Å². The van der Waals surface area contributed by atoms with E-state index in [1.807, 2.05) is 18.2 Å². The van der Waals surface area contributed by atoms with Crippen molar-refractivity contribution in [1.82, 2.24) is 15.6 Å². The second-order valence-corrected chi connectivity index (χ2v) is 6.29. The lowest BCUT2D eigenvalue weighted by Crippen LogP contribution is -2.39. The Morgan fingerprint density at radius 3 is 2.74 bits per heavy atom. The van der Waals surface area contributed by atoms with Crippen molar-refractivity contribution >= 4 is 59.0 Å². The standard InChI is InChI=1S/C17H19Cl2N5O2.HI/c1-20-17(22-5-4-21-16-13(19)7-12(18)9-23-16)24-8-11-2-3-14-15(6-11)26-10-25-14;/h2-3,6-7,9H,4-5,8,10H2,1H3,(H,21,23)(H2,20,22,24);1H. The molecular formula is C17H20Cl2IN5O2. The third kappa shape index (κ3) is 6.18. The van der Waals surface area contributed by atoms with E-state index in [1.165, 1.54) is 0 Å². The van der Waals surface area contributed by atoms with Gasteiger partial charge in [0.2, 0.25) is 6.79 Å². The molecule has 7 nitrogen and oxygen atoms in total. The minimum absolute atomic E-state index is 0. The molecule has 27 heavy (non-hydrogen) atoms. The van der Waals surface area contributed by atoms with Gasteiger partial charge in [0.05, 0.1) is 10.0 Å². The van der Waals surface area contributed by atoms with Gasteiger partial charge in [-0.2, -0.15) is 0 Å². The number of halogens is 3. The lowest BCUT2D eigenvalue weighted by atomic mass is 10.2. The first-order valence-corrected chi connectivity index (χ1v) is 8.79. The molecule has 0 saturated heterocycles. The van der Waals surface area contributed by atoms with E-state index in [9.17, 15) is 0 Å². The summed E-state index contributed by atoms with van der Waals surface area (Å²) in [5, 5.41) is 10.6. The summed E-state index contributed by atoms with van der Waals surface area (Å²) in [5.74, 6) is 2.83. The van der Waals surface area contributed by atoms with Crippen molar-refractivity contribution in [3.8, 4) is 11.5 Å². The Kier molecular flexibility index (Phi) is 8.52. The fraction of sp³-hybridized carbons (Fsp3) is 0.294. The summed E-state index contributed by atoms with van der Waals surface area (Å²) in [5.41, 5.74) is 1.08. The zero-order valence-corrected chi connectivity index (χ0v) is 18.4. The van der Waals surface area contributed by atoms with Gasteiger partial charge in [0.1, 0.15) is 5.82 Å². The lowest BCUT2D eigenvalue weighted by Gasteiger charge is -2.13. The molecule has 1 aliphatic heterocycles. The number of rotatable bonds is 6. The topological polar surface area (TPSA) is 79.8 Å². The van der Waals surface area contributed by atoms with Crippen LogP contribution in [0.1, 0.15) is 5.56 Å². The number of ether oxygens (including phenoxy) is 2. The minimum Gasteiger partial charge on any atom is -0.454 e. The molecule has 0 radical (unpaired) electrons. The molecule has 3 N–H and O–H groups in total. The van der Waals surface area contributed by atoms with Gasteiger partial charge in [0.15, 0.2) is 17.5 Å². The van der Waals surface area contributed by atoms with Gasteiger partial charge in [-0.3, -0.25) is 4.99 Å². The quantitative estimate of drug-likeness (QED) is 0.233. The molecule has 1 aliphatic rings. The molecule has 2 heterocycles. The van der Waals surface area contributed by atoms with Crippen molar-refractivity contribution in [2.45, 2.75) is 6.54 Å².